The molecule has 1 amide bonds. The number of non-ortho nitro benzene ring substituents is 1. The van der Waals surface area contributed by atoms with Crippen molar-refractivity contribution in [2.75, 3.05) is 46.1 Å². The van der Waals surface area contributed by atoms with Gasteiger partial charge in [0.2, 0.25) is 5.91 Å². The first-order chi connectivity index (χ1) is 13.4. The summed E-state index contributed by atoms with van der Waals surface area (Å²) in [6, 6.07) is 3.11. The Kier molecular flexibility index (Phi) is 6.82. The van der Waals surface area contributed by atoms with Crippen LogP contribution in [0.5, 0.6) is 5.75 Å². The van der Waals surface area contributed by atoms with Gasteiger partial charge in [-0.05, 0) is 5.92 Å². The van der Waals surface area contributed by atoms with Gasteiger partial charge in [-0.15, -0.1) is 0 Å². The molecule has 0 unspecified atom stereocenters. The van der Waals surface area contributed by atoms with E-state index in [1.807, 2.05) is 0 Å². The molecule has 0 saturated carbocycles. The van der Waals surface area contributed by atoms with E-state index in [4.69, 9.17) is 9.47 Å². The number of benzene rings is 1. The maximum atomic E-state index is 12.0. The minimum atomic E-state index is -0.383. The molecular weight excluding hydrogens is 364 g/mol. The fourth-order valence-electron chi connectivity index (χ4n) is 3.43. The lowest BCUT2D eigenvalue weighted by Gasteiger charge is -2.34. The number of piperazine rings is 1. The van der Waals surface area contributed by atoms with Crippen molar-refractivity contribution in [1.29, 1.82) is 0 Å². The third kappa shape index (κ3) is 5.40. The van der Waals surface area contributed by atoms with E-state index in [9.17, 15) is 14.9 Å². The summed E-state index contributed by atoms with van der Waals surface area (Å²) in [5.41, 5.74) is 1.59. The number of nitro groups is 1. The van der Waals surface area contributed by atoms with E-state index in [2.05, 4.69) is 29.0 Å². The molecule has 0 atom stereocenters. The Bertz CT molecular complexity index is 717. The second-order valence-corrected chi connectivity index (χ2v) is 7.71. The number of ether oxygens (including phenoxy) is 2. The number of carbonyl (C=O) groups is 1. The Hall–Kier alpha value is -2.23. The van der Waals surface area contributed by atoms with Crippen LogP contribution in [0.1, 0.15) is 25.0 Å². The Morgan fingerprint density at radius 2 is 1.96 bits per heavy atom. The molecule has 28 heavy (non-hydrogen) atoms. The Morgan fingerprint density at radius 3 is 2.64 bits per heavy atom. The first-order valence-electron chi connectivity index (χ1n) is 9.64. The third-order valence-corrected chi connectivity index (χ3v) is 4.92. The van der Waals surface area contributed by atoms with Gasteiger partial charge in [-0.2, -0.15) is 0 Å². The Labute approximate surface area is 164 Å². The molecular formula is C19H28N4O5. The molecule has 9 heteroatoms. The second-order valence-electron chi connectivity index (χ2n) is 7.71. The normalized spacial score (nSPS) is 17.8. The van der Waals surface area contributed by atoms with Crippen LogP contribution in [0.4, 0.5) is 5.69 Å². The van der Waals surface area contributed by atoms with Crippen molar-refractivity contribution in [3.05, 3.63) is 33.4 Å². The van der Waals surface area contributed by atoms with Crippen LogP contribution < -0.4 is 10.1 Å². The molecule has 154 valence electrons. The van der Waals surface area contributed by atoms with Crippen LogP contribution in [-0.4, -0.2) is 66.7 Å². The van der Waals surface area contributed by atoms with Gasteiger partial charge in [0.05, 0.1) is 18.1 Å². The Morgan fingerprint density at radius 1 is 1.25 bits per heavy atom. The maximum Gasteiger partial charge on any atom is 0.270 e. The topological polar surface area (TPSA) is 97.2 Å². The van der Waals surface area contributed by atoms with E-state index in [0.717, 1.165) is 37.3 Å². The average Bonchev–Trinajstić information content (AvgIpc) is 2.67. The smallest absolute Gasteiger partial charge is 0.270 e. The molecule has 2 heterocycles. The van der Waals surface area contributed by atoms with Gasteiger partial charge in [0.25, 0.3) is 5.69 Å². The molecule has 1 aromatic rings. The molecule has 0 bridgehead atoms. The van der Waals surface area contributed by atoms with E-state index < -0.39 is 0 Å². The van der Waals surface area contributed by atoms with Crippen LogP contribution in [0.3, 0.4) is 0 Å². The zero-order chi connectivity index (χ0) is 20.1. The van der Waals surface area contributed by atoms with Gasteiger partial charge in [0, 0.05) is 62.5 Å². The highest BCUT2D eigenvalue weighted by Gasteiger charge is 2.24. The number of nitrogens with zero attached hydrogens (tertiary/aromatic N) is 3. The van der Waals surface area contributed by atoms with Gasteiger partial charge in [-0.25, -0.2) is 0 Å². The van der Waals surface area contributed by atoms with Crippen molar-refractivity contribution in [2.45, 2.75) is 27.0 Å². The first kappa shape index (κ1) is 20.5. The molecule has 0 radical (unpaired) electrons. The summed E-state index contributed by atoms with van der Waals surface area (Å²) in [5, 5.41) is 14.2. The summed E-state index contributed by atoms with van der Waals surface area (Å²) in [6.45, 7) is 9.48. The molecule has 2 aliphatic heterocycles. The van der Waals surface area contributed by atoms with Crippen molar-refractivity contribution in [1.82, 2.24) is 15.1 Å². The van der Waals surface area contributed by atoms with E-state index >= 15 is 0 Å². The summed E-state index contributed by atoms with van der Waals surface area (Å²) in [7, 11) is 0. The maximum absolute atomic E-state index is 12.0. The lowest BCUT2D eigenvalue weighted by atomic mass is 10.1. The van der Waals surface area contributed by atoms with Crippen molar-refractivity contribution in [3.8, 4) is 5.75 Å². The number of nitrogens with one attached hydrogen (secondary N) is 1. The fourth-order valence-corrected chi connectivity index (χ4v) is 3.43. The quantitative estimate of drug-likeness (QED) is 0.553. The molecule has 0 spiro atoms. The summed E-state index contributed by atoms with van der Waals surface area (Å²) in [6.07, 6.45) is 0. The van der Waals surface area contributed by atoms with Gasteiger partial charge < -0.3 is 14.8 Å². The van der Waals surface area contributed by atoms with Gasteiger partial charge in [-0.3, -0.25) is 24.7 Å². The minimum absolute atomic E-state index is 0.0586. The molecule has 1 N–H and O–H groups in total. The lowest BCUT2D eigenvalue weighted by Crippen LogP contribution is -2.49. The molecule has 0 aromatic heterocycles. The van der Waals surface area contributed by atoms with Crippen LogP contribution >= 0.6 is 0 Å². The highest BCUT2D eigenvalue weighted by molar-refractivity contribution is 5.78. The predicted octanol–water partition coefficient (Wildman–Crippen LogP) is 1.35. The van der Waals surface area contributed by atoms with Gasteiger partial charge in [0.1, 0.15) is 5.75 Å². The van der Waals surface area contributed by atoms with E-state index in [0.29, 0.717) is 37.9 Å². The van der Waals surface area contributed by atoms with E-state index in [-0.39, 0.29) is 23.3 Å². The standard InChI is InChI=1S/C19H28N4O5/c1-14(2)9-20-18(24)11-22-5-3-21(4-6-22)10-15-7-17(23(25)26)8-16-12-27-13-28-19(15)16/h7-8,14H,3-6,9-13H2,1-2H3,(H,20,24). The number of hydrogen-bond acceptors (Lipinski definition) is 7. The van der Waals surface area contributed by atoms with Gasteiger partial charge in [-0.1, -0.05) is 13.8 Å². The van der Waals surface area contributed by atoms with Crippen molar-refractivity contribution >= 4 is 11.6 Å². The fraction of sp³-hybridized carbons (Fsp3) is 0.632. The summed E-state index contributed by atoms with van der Waals surface area (Å²) < 4.78 is 10.9. The second kappa shape index (κ2) is 9.31. The van der Waals surface area contributed by atoms with Gasteiger partial charge in [0.15, 0.2) is 6.79 Å². The molecule has 1 aromatic carbocycles. The highest BCUT2D eigenvalue weighted by atomic mass is 16.7. The zero-order valence-electron chi connectivity index (χ0n) is 16.5. The molecule has 0 aliphatic carbocycles. The molecule has 3 rings (SSSR count). The van der Waals surface area contributed by atoms with E-state index in [1.54, 1.807) is 6.07 Å². The lowest BCUT2D eigenvalue weighted by molar-refractivity contribution is -0.385. The summed E-state index contributed by atoms with van der Waals surface area (Å²) >= 11 is 0. The summed E-state index contributed by atoms with van der Waals surface area (Å²) in [5.74, 6) is 1.20. The van der Waals surface area contributed by atoms with Crippen LogP contribution in [0.25, 0.3) is 0 Å². The number of fused-ring (bicyclic) bond motifs is 1. The molecule has 1 fully saturated rings. The van der Waals surface area contributed by atoms with Crippen molar-refractivity contribution < 1.29 is 19.2 Å². The zero-order valence-corrected chi connectivity index (χ0v) is 16.5. The number of carbonyl (C=O) groups excluding carboxylic acids is 1. The SMILES string of the molecule is CC(C)CNC(=O)CN1CCN(Cc2cc([N+](=O)[O-])cc3c2OCOC3)CC1. The first-order valence-corrected chi connectivity index (χ1v) is 9.64. The number of rotatable bonds is 7. The molecule has 2 aliphatic rings. The minimum Gasteiger partial charge on any atom is -0.467 e. The van der Waals surface area contributed by atoms with Crippen molar-refractivity contribution in [3.63, 3.8) is 0 Å². The van der Waals surface area contributed by atoms with Crippen LogP contribution in [0, 0.1) is 16.0 Å². The van der Waals surface area contributed by atoms with Crippen molar-refractivity contribution in [2.24, 2.45) is 5.92 Å². The number of nitro benzene ring substituents is 1. The largest absolute Gasteiger partial charge is 0.467 e. The monoisotopic (exact) mass is 392 g/mol. The highest BCUT2D eigenvalue weighted by Crippen LogP contribution is 2.33. The van der Waals surface area contributed by atoms with E-state index in [1.165, 1.54) is 6.07 Å². The van der Waals surface area contributed by atoms with Crippen LogP contribution in [0.2, 0.25) is 0 Å². The summed E-state index contributed by atoms with van der Waals surface area (Å²) in [4.78, 5) is 27.2. The Balaban J connectivity index is 1.57. The van der Waals surface area contributed by atoms with Crippen LogP contribution in [0.15, 0.2) is 12.1 Å². The predicted molar refractivity (Wildman–Crippen MR) is 103 cm³/mol. The number of hydrogen-bond donors (Lipinski definition) is 1. The molecule has 1 saturated heterocycles. The number of amides is 1. The average molecular weight is 392 g/mol. The third-order valence-electron chi connectivity index (χ3n) is 4.92. The molecule has 9 nitrogen and oxygen atoms in total. The van der Waals surface area contributed by atoms with Crippen LogP contribution in [-0.2, 0) is 22.7 Å². The van der Waals surface area contributed by atoms with Gasteiger partial charge >= 0.3 is 0 Å².